The third-order valence-corrected chi connectivity index (χ3v) is 4.82. The summed E-state index contributed by atoms with van der Waals surface area (Å²) in [5.41, 5.74) is 3.12. The van der Waals surface area contributed by atoms with Gasteiger partial charge in [0.25, 0.3) is 0 Å². The summed E-state index contributed by atoms with van der Waals surface area (Å²) >= 11 is 3.46. The lowest BCUT2D eigenvalue weighted by molar-refractivity contribution is -0.168. The van der Waals surface area contributed by atoms with Crippen molar-refractivity contribution < 1.29 is 4.74 Å². The van der Waals surface area contributed by atoms with Gasteiger partial charge in [0, 0.05) is 6.42 Å². The fourth-order valence-corrected chi connectivity index (χ4v) is 3.73. The normalized spacial score (nSPS) is 26.4. The fraction of sp³-hybridized carbons (Fsp3) is 0.250. The number of fused-ring (bicyclic) bond motifs is 1. The lowest BCUT2D eigenvalue weighted by atomic mass is 9.88. The van der Waals surface area contributed by atoms with Crippen molar-refractivity contribution in [1.29, 1.82) is 0 Å². The summed E-state index contributed by atoms with van der Waals surface area (Å²) < 4.78 is 9.10. The Bertz CT molecular complexity index is 839. The molecule has 1 saturated heterocycles. The van der Waals surface area contributed by atoms with Gasteiger partial charge in [-0.3, -0.25) is 0 Å². The minimum atomic E-state index is 0.128. The number of hydrogen-bond acceptors (Lipinski definition) is 3. The van der Waals surface area contributed by atoms with Crippen molar-refractivity contribution in [3.8, 4) is 0 Å². The number of hydrogen-bond donors (Lipinski definition) is 0. The zero-order chi connectivity index (χ0) is 14.0. The molecule has 5 heteroatoms. The second-order valence-electron chi connectivity index (χ2n) is 5.57. The van der Waals surface area contributed by atoms with Crippen molar-refractivity contribution in [3.05, 3.63) is 58.5 Å². The van der Waals surface area contributed by atoms with Crippen molar-refractivity contribution in [3.63, 3.8) is 0 Å². The second-order valence-corrected chi connectivity index (χ2v) is 6.38. The van der Waals surface area contributed by atoms with Crippen LogP contribution < -0.4 is 0 Å². The molecule has 3 aliphatic heterocycles. The number of imidazole rings is 1. The second kappa shape index (κ2) is 4.15. The SMILES string of the molecule is Brc1ccc2nc3n(c2n1)[C@@H](c1ccccc1)C1C[C@H]3O1. The first kappa shape index (κ1) is 11.9. The maximum Gasteiger partial charge on any atom is 0.162 e. The van der Waals surface area contributed by atoms with E-state index < -0.39 is 0 Å². The third-order valence-electron chi connectivity index (χ3n) is 4.38. The van der Waals surface area contributed by atoms with Crippen molar-refractivity contribution in [2.45, 2.75) is 24.7 Å². The number of nitrogens with zero attached hydrogens (tertiary/aromatic N) is 3. The highest BCUT2D eigenvalue weighted by atomic mass is 79.9. The van der Waals surface area contributed by atoms with Crippen LogP contribution in [-0.4, -0.2) is 20.6 Å². The van der Waals surface area contributed by atoms with Crippen LogP contribution in [-0.2, 0) is 4.74 Å². The molecule has 3 atom stereocenters. The lowest BCUT2D eigenvalue weighted by Gasteiger charge is -2.46. The van der Waals surface area contributed by atoms with E-state index in [1.807, 2.05) is 18.2 Å². The molecular formula is C16H12BrN3O. The van der Waals surface area contributed by atoms with Crippen LogP contribution in [0.4, 0.5) is 0 Å². The first-order chi connectivity index (χ1) is 10.3. The van der Waals surface area contributed by atoms with Crippen molar-refractivity contribution in [2.24, 2.45) is 0 Å². The fourth-order valence-electron chi connectivity index (χ4n) is 3.43. The molecule has 2 bridgehead atoms. The highest BCUT2D eigenvalue weighted by Gasteiger charge is 2.48. The smallest absolute Gasteiger partial charge is 0.162 e. The molecule has 21 heavy (non-hydrogen) atoms. The lowest BCUT2D eigenvalue weighted by Crippen LogP contribution is -2.46. The van der Waals surface area contributed by atoms with Gasteiger partial charge in [0.2, 0.25) is 0 Å². The predicted octanol–water partition coefficient (Wildman–Crippen LogP) is 3.63. The molecule has 3 aliphatic rings. The highest BCUT2D eigenvalue weighted by molar-refractivity contribution is 9.10. The van der Waals surface area contributed by atoms with Gasteiger partial charge < -0.3 is 9.30 Å². The molecule has 3 aromatic rings. The van der Waals surface area contributed by atoms with Gasteiger partial charge in [0.1, 0.15) is 22.0 Å². The van der Waals surface area contributed by atoms with E-state index >= 15 is 0 Å². The van der Waals surface area contributed by atoms with Crippen LogP contribution in [0.5, 0.6) is 0 Å². The van der Waals surface area contributed by atoms with E-state index in [9.17, 15) is 0 Å². The van der Waals surface area contributed by atoms with Crippen LogP contribution in [0.2, 0.25) is 0 Å². The van der Waals surface area contributed by atoms with E-state index in [0.717, 1.165) is 28.0 Å². The Kier molecular flexibility index (Phi) is 2.35. The summed E-state index contributed by atoms with van der Waals surface area (Å²) in [6.45, 7) is 0. The van der Waals surface area contributed by atoms with Crippen LogP contribution in [0.25, 0.3) is 11.2 Å². The minimum Gasteiger partial charge on any atom is -0.364 e. The Morgan fingerprint density at radius 1 is 1.10 bits per heavy atom. The van der Waals surface area contributed by atoms with Crippen LogP contribution in [0.3, 0.4) is 0 Å². The van der Waals surface area contributed by atoms with Gasteiger partial charge in [-0.2, -0.15) is 0 Å². The average Bonchev–Trinajstić information content (AvgIpc) is 2.85. The molecule has 0 spiro atoms. The average molecular weight is 342 g/mol. The molecule has 6 rings (SSSR count). The molecule has 1 fully saturated rings. The number of ether oxygens (including phenoxy) is 1. The Morgan fingerprint density at radius 2 is 1.90 bits per heavy atom. The largest absolute Gasteiger partial charge is 0.364 e. The Labute approximate surface area is 129 Å². The van der Waals surface area contributed by atoms with E-state index in [0.29, 0.717) is 0 Å². The molecule has 1 unspecified atom stereocenters. The Balaban J connectivity index is 1.80. The van der Waals surface area contributed by atoms with Crippen molar-refractivity contribution >= 4 is 27.1 Å². The number of pyridine rings is 1. The number of rotatable bonds is 1. The summed E-state index contributed by atoms with van der Waals surface area (Å²) in [7, 11) is 0. The van der Waals surface area contributed by atoms with Gasteiger partial charge in [0.05, 0.1) is 12.1 Å². The van der Waals surface area contributed by atoms with E-state index in [4.69, 9.17) is 9.72 Å². The molecule has 0 aliphatic carbocycles. The molecule has 0 N–H and O–H groups in total. The summed E-state index contributed by atoms with van der Waals surface area (Å²) in [5.74, 6) is 1.01. The van der Waals surface area contributed by atoms with Gasteiger partial charge in [-0.25, -0.2) is 9.97 Å². The standard InChI is InChI=1S/C16H12BrN3O/c17-13-7-6-10-15(19-13)20-14(9-4-2-1-3-5-9)11-8-12(21-11)16(20)18-10/h1-7,11-12,14H,8H2/t11?,12-,14+/m1/s1. The maximum absolute atomic E-state index is 6.01. The van der Waals surface area contributed by atoms with Gasteiger partial charge in [-0.15, -0.1) is 0 Å². The number of aromatic nitrogens is 3. The van der Waals surface area contributed by atoms with Gasteiger partial charge in [0.15, 0.2) is 5.65 Å². The van der Waals surface area contributed by atoms with Gasteiger partial charge in [-0.1, -0.05) is 30.3 Å². The minimum absolute atomic E-state index is 0.128. The topological polar surface area (TPSA) is 39.9 Å². The number of halogens is 1. The molecular weight excluding hydrogens is 330 g/mol. The first-order valence-electron chi connectivity index (χ1n) is 7.06. The van der Waals surface area contributed by atoms with Crippen molar-refractivity contribution in [2.75, 3.05) is 0 Å². The molecule has 2 aromatic heterocycles. The predicted molar refractivity (Wildman–Crippen MR) is 82.0 cm³/mol. The zero-order valence-corrected chi connectivity index (χ0v) is 12.7. The van der Waals surface area contributed by atoms with E-state index in [-0.39, 0.29) is 18.2 Å². The zero-order valence-electron chi connectivity index (χ0n) is 11.1. The molecule has 0 radical (unpaired) electrons. The van der Waals surface area contributed by atoms with Crippen LogP contribution in [0, 0.1) is 0 Å². The summed E-state index contributed by atoms with van der Waals surface area (Å²) in [6.07, 6.45) is 1.40. The Morgan fingerprint density at radius 3 is 2.71 bits per heavy atom. The highest BCUT2D eigenvalue weighted by Crippen LogP contribution is 2.49. The first-order valence-corrected chi connectivity index (χ1v) is 7.85. The summed E-state index contributed by atoms with van der Waals surface area (Å²) in [5, 5.41) is 0. The molecule has 104 valence electrons. The molecule has 5 heterocycles. The van der Waals surface area contributed by atoms with E-state index in [2.05, 4.69) is 49.7 Å². The number of benzene rings is 1. The van der Waals surface area contributed by atoms with Crippen LogP contribution >= 0.6 is 15.9 Å². The van der Waals surface area contributed by atoms with Gasteiger partial charge >= 0.3 is 0 Å². The van der Waals surface area contributed by atoms with Gasteiger partial charge in [-0.05, 0) is 33.6 Å². The quantitative estimate of drug-likeness (QED) is 0.634. The van der Waals surface area contributed by atoms with E-state index in [1.54, 1.807) is 0 Å². The molecule has 0 saturated carbocycles. The molecule has 4 nitrogen and oxygen atoms in total. The van der Waals surface area contributed by atoms with Crippen LogP contribution in [0.15, 0.2) is 47.1 Å². The molecule has 1 aromatic carbocycles. The molecule has 0 amide bonds. The third kappa shape index (κ3) is 1.59. The Hall–Kier alpha value is -1.72. The maximum atomic E-state index is 6.01. The van der Waals surface area contributed by atoms with Crippen molar-refractivity contribution in [1.82, 2.24) is 14.5 Å². The summed E-state index contributed by atoms with van der Waals surface area (Å²) in [6, 6.07) is 14.6. The van der Waals surface area contributed by atoms with Crippen LogP contribution in [0.1, 0.15) is 30.0 Å². The monoisotopic (exact) mass is 341 g/mol. The summed E-state index contributed by atoms with van der Waals surface area (Å²) in [4.78, 5) is 9.38. The van der Waals surface area contributed by atoms with E-state index in [1.165, 1.54) is 5.56 Å².